The van der Waals surface area contributed by atoms with E-state index < -0.39 is 30.4 Å². The second-order valence-corrected chi connectivity index (χ2v) is 8.42. The Morgan fingerprint density at radius 2 is 1.85 bits per heavy atom. The van der Waals surface area contributed by atoms with Gasteiger partial charge in [0.1, 0.15) is 0 Å². The largest absolute Gasteiger partial charge is 0.462 e. The van der Waals surface area contributed by atoms with Crippen LogP contribution in [-0.4, -0.2) is 43.5 Å². The van der Waals surface area contributed by atoms with Gasteiger partial charge in [-0.1, -0.05) is 31.0 Å². The van der Waals surface area contributed by atoms with Gasteiger partial charge in [0, 0.05) is 29.4 Å². The highest BCUT2D eigenvalue weighted by Crippen LogP contribution is 2.31. The Morgan fingerprint density at radius 1 is 1.12 bits per heavy atom. The number of carbonyl (C=O) groups is 4. The van der Waals surface area contributed by atoms with E-state index in [2.05, 4.69) is 5.32 Å². The van der Waals surface area contributed by atoms with Crippen molar-refractivity contribution < 1.29 is 28.7 Å². The lowest BCUT2D eigenvalue weighted by atomic mass is 10.1. The first-order chi connectivity index (χ1) is 16.3. The van der Waals surface area contributed by atoms with Crippen molar-refractivity contribution in [2.45, 2.75) is 33.1 Å². The molecule has 180 valence electrons. The molecule has 3 rings (SSSR count). The average Bonchev–Trinajstić information content (AvgIpc) is 3.21. The molecule has 1 fully saturated rings. The fourth-order valence-corrected chi connectivity index (χ4v) is 3.69. The summed E-state index contributed by atoms with van der Waals surface area (Å²) in [5.74, 6) is -2.44. The van der Waals surface area contributed by atoms with E-state index in [4.69, 9.17) is 21.1 Å². The van der Waals surface area contributed by atoms with Crippen LogP contribution >= 0.6 is 11.6 Å². The van der Waals surface area contributed by atoms with Crippen LogP contribution in [0.15, 0.2) is 42.5 Å². The molecule has 1 aliphatic rings. The number of esters is 2. The predicted octanol–water partition coefficient (Wildman–Crippen LogP) is 4.14. The Morgan fingerprint density at radius 3 is 2.56 bits per heavy atom. The van der Waals surface area contributed by atoms with Gasteiger partial charge in [0.05, 0.1) is 18.1 Å². The lowest BCUT2D eigenvalue weighted by molar-refractivity contribution is -0.151. The summed E-state index contributed by atoms with van der Waals surface area (Å²) in [7, 11) is 0. The molecule has 1 heterocycles. The van der Waals surface area contributed by atoms with Crippen molar-refractivity contribution in [2.24, 2.45) is 5.92 Å². The Hall–Kier alpha value is -3.39. The number of benzene rings is 2. The summed E-state index contributed by atoms with van der Waals surface area (Å²) in [5.41, 5.74) is 2.24. The number of carbonyl (C=O) groups excluding carboxylic acids is 4. The molecule has 8 nitrogen and oxygen atoms in total. The maximum Gasteiger partial charge on any atom is 0.338 e. The molecule has 34 heavy (non-hydrogen) atoms. The van der Waals surface area contributed by atoms with E-state index >= 15 is 0 Å². The molecule has 2 aromatic rings. The van der Waals surface area contributed by atoms with E-state index in [9.17, 15) is 19.2 Å². The molecule has 0 saturated carbocycles. The quantitative estimate of drug-likeness (QED) is 0.422. The van der Waals surface area contributed by atoms with Crippen molar-refractivity contribution in [3.05, 3.63) is 58.6 Å². The topological polar surface area (TPSA) is 102 Å². The van der Waals surface area contributed by atoms with Gasteiger partial charge >= 0.3 is 11.9 Å². The Kier molecular flexibility index (Phi) is 8.65. The van der Waals surface area contributed by atoms with Crippen LogP contribution < -0.4 is 10.2 Å². The molecular formula is C25H27ClN2O6. The average molecular weight is 487 g/mol. The van der Waals surface area contributed by atoms with Crippen molar-refractivity contribution in [1.82, 2.24) is 0 Å². The second kappa shape index (κ2) is 11.7. The zero-order valence-corrected chi connectivity index (χ0v) is 19.9. The van der Waals surface area contributed by atoms with Gasteiger partial charge in [-0.15, -0.1) is 0 Å². The molecule has 1 N–H and O–H groups in total. The van der Waals surface area contributed by atoms with Gasteiger partial charge in [-0.05, 0) is 55.3 Å². The van der Waals surface area contributed by atoms with Gasteiger partial charge in [0.15, 0.2) is 6.61 Å². The van der Waals surface area contributed by atoms with Crippen LogP contribution in [0.4, 0.5) is 11.4 Å². The normalized spacial score (nSPS) is 15.2. The summed E-state index contributed by atoms with van der Waals surface area (Å²) in [5, 5.41) is 3.14. The summed E-state index contributed by atoms with van der Waals surface area (Å²) < 4.78 is 10.3. The highest BCUT2D eigenvalue weighted by Gasteiger charge is 2.37. The van der Waals surface area contributed by atoms with Crippen LogP contribution in [0.2, 0.25) is 5.02 Å². The molecular weight excluding hydrogens is 460 g/mol. The van der Waals surface area contributed by atoms with E-state index in [1.165, 1.54) is 4.90 Å². The predicted molar refractivity (Wildman–Crippen MR) is 128 cm³/mol. The molecule has 2 amide bonds. The zero-order chi connectivity index (χ0) is 24.7. The van der Waals surface area contributed by atoms with E-state index in [0.29, 0.717) is 28.6 Å². The second-order valence-electron chi connectivity index (χ2n) is 8.01. The van der Waals surface area contributed by atoms with E-state index in [1.54, 1.807) is 42.5 Å². The minimum absolute atomic E-state index is 0.00221. The van der Waals surface area contributed by atoms with Gasteiger partial charge in [0.2, 0.25) is 5.91 Å². The van der Waals surface area contributed by atoms with E-state index in [1.807, 2.05) is 13.8 Å². The van der Waals surface area contributed by atoms with Crippen LogP contribution in [0.5, 0.6) is 0 Å². The lowest BCUT2D eigenvalue weighted by Crippen LogP contribution is -2.28. The monoisotopic (exact) mass is 486 g/mol. The number of nitrogens with one attached hydrogen (secondary N) is 1. The van der Waals surface area contributed by atoms with Crippen molar-refractivity contribution in [1.29, 1.82) is 0 Å². The number of nitrogens with zero attached hydrogens (tertiary/aromatic N) is 1. The number of rotatable bonds is 9. The van der Waals surface area contributed by atoms with Gasteiger partial charge in [0.25, 0.3) is 5.91 Å². The van der Waals surface area contributed by atoms with Crippen molar-refractivity contribution in [3.63, 3.8) is 0 Å². The highest BCUT2D eigenvalue weighted by atomic mass is 35.5. The molecule has 0 aliphatic carbocycles. The number of anilines is 2. The lowest BCUT2D eigenvalue weighted by Gasteiger charge is -2.19. The molecule has 0 unspecified atom stereocenters. The first-order valence-electron chi connectivity index (χ1n) is 11.1. The maximum atomic E-state index is 12.4. The summed E-state index contributed by atoms with van der Waals surface area (Å²) in [6.07, 6.45) is 1.73. The van der Waals surface area contributed by atoms with Crippen molar-refractivity contribution in [2.75, 3.05) is 30.0 Å². The van der Waals surface area contributed by atoms with Crippen LogP contribution in [0.3, 0.4) is 0 Å². The minimum atomic E-state index is -0.670. The van der Waals surface area contributed by atoms with Gasteiger partial charge in [-0.25, -0.2) is 4.79 Å². The van der Waals surface area contributed by atoms with Gasteiger partial charge in [-0.3, -0.25) is 14.4 Å². The third-order valence-corrected chi connectivity index (χ3v) is 5.88. The molecule has 9 heteroatoms. The third kappa shape index (κ3) is 6.35. The standard InChI is InChI=1S/C25H27ClN2O6/c1-3-4-12-33-24(31)17-8-10-19(11-9-17)27-22(29)15-34-25(32)18-13-23(30)28(14-18)21-7-5-6-20(26)16(21)2/h5-11,18H,3-4,12-15H2,1-2H3,(H,27,29)/t18-/m1/s1. The molecule has 1 saturated heterocycles. The molecule has 2 aromatic carbocycles. The van der Waals surface area contributed by atoms with Crippen LogP contribution in [0, 0.1) is 12.8 Å². The summed E-state index contributed by atoms with van der Waals surface area (Å²) >= 11 is 6.14. The Balaban J connectivity index is 1.48. The number of ether oxygens (including phenoxy) is 2. The van der Waals surface area contributed by atoms with E-state index in [-0.39, 0.29) is 18.9 Å². The van der Waals surface area contributed by atoms with Crippen molar-refractivity contribution in [3.8, 4) is 0 Å². The number of amides is 2. The fraction of sp³-hybridized carbons (Fsp3) is 0.360. The van der Waals surface area contributed by atoms with Crippen molar-refractivity contribution >= 4 is 46.7 Å². The molecule has 0 radical (unpaired) electrons. The molecule has 1 atom stereocenters. The zero-order valence-electron chi connectivity index (χ0n) is 19.1. The number of hydrogen-bond acceptors (Lipinski definition) is 6. The fourth-order valence-electron chi connectivity index (χ4n) is 3.52. The highest BCUT2D eigenvalue weighted by molar-refractivity contribution is 6.31. The molecule has 0 bridgehead atoms. The Labute approximate surface area is 203 Å². The summed E-state index contributed by atoms with van der Waals surface area (Å²) in [6, 6.07) is 11.5. The summed E-state index contributed by atoms with van der Waals surface area (Å²) in [4.78, 5) is 50.5. The molecule has 1 aliphatic heterocycles. The van der Waals surface area contributed by atoms with E-state index in [0.717, 1.165) is 18.4 Å². The van der Waals surface area contributed by atoms with Crippen LogP contribution in [-0.2, 0) is 23.9 Å². The third-order valence-electron chi connectivity index (χ3n) is 5.47. The SMILES string of the molecule is CCCCOC(=O)c1ccc(NC(=O)COC(=O)[C@@H]2CC(=O)N(c3cccc(Cl)c3C)C2)cc1. The van der Waals surface area contributed by atoms with Crippen LogP contribution in [0.25, 0.3) is 0 Å². The first kappa shape index (κ1) is 25.2. The molecule has 0 aromatic heterocycles. The van der Waals surface area contributed by atoms with Gasteiger partial charge < -0.3 is 19.7 Å². The first-order valence-corrected chi connectivity index (χ1v) is 11.5. The Bertz CT molecular complexity index is 1070. The summed E-state index contributed by atoms with van der Waals surface area (Å²) in [6.45, 7) is 3.86. The number of hydrogen-bond donors (Lipinski definition) is 1. The number of unbranched alkanes of at least 4 members (excludes halogenated alkanes) is 1. The van der Waals surface area contributed by atoms with Gasteiger partial charge in [-0.2, -0.15) is 0 Å². The molecule has 0 spiro atoms. The van der Waals surface area contributed by atoms with Crippen LogP contribution in [0.1, 0.15) is 42.1 Å². The minimum Gasteiger partial charge on any atom is -0.462 e. The maximum absolute atomic E-state index is 12.4. The smallest absolute Gasteiger partial charge is 0.338 e. The number of halogens is 1.